The first-order valence-electron chi connectivity index (χ1n) is 5.65. The lowest BCUT2D eigenvalue weighted by molar-refractivity contribution is -0.144. The van der Waals surface area contributed by atoms with E-state index in [1.54, 1.807) is 25.3 Å². The number of hydrogen-bond acceptors (Lipinski definition) is 5. The van der Waals surface area contributed by atoms with Crippen molar-refractivity contribution in [3.8, 4) is 5.75 Å². The topological polar surface area (TPSA) is 94.4 Å². The van der Waals surface area contributed by atoms with E-state index in [9.17, 15) is 9.59 Å². The number of H-pyrrole nitrogens is 1. The quantitative estimate of drug-likeness (QED) is 0.490. The van der Waals surface area contributed by atoms with Gasteiger partial charge in [0.15, 0.2) is 0 Å². The number of hydrogen-bond donors (Lipinski definition) is 2. The van der Waals surface area contributed by atoms with Crippen molar-refractivity contribution in [2.75, 3.05) is 7.11 Å². The Balaban J connectivity index is 2.39. The molecule has 19 heavy (non-hydrogen) atoms. The highest BCUT2D eigenvalue weighted by atomic mass is 16.6. The van der Waals surface area contributed by atoms with Crippen LogP contribution in [0.25, 0.3) is 10.9 Å². The van der Waals surface area contributed by atoms with Crippen LogP contribution in [0, 0.1) is 0 Å². The predicted molar refractivity (Wildman–Crippen MR) is 68.9 cm³/mol. The van der Waals surface area contributed by atoms with Gasteiger partial charge in [-0.15, -0.1) is 0 Å². The molecule has 0 bridgehead atoms. The van der Waals surface area contributed by atoms with Gasteiger partial charge in [-0.2, -0.15) is 0 Å². The van der Waals surface area contributed by atoms with Gasteiger partial charge in [-0.3, -0.25) is 15.3 Å². The van der Waals surface area contributed by atoms with E-state index >= 15 is 0 Å². The molecule has 0 saturated carbocycles. The molecule has 2 aromatic rings. The summed E-state index contributed by atoms with van der Waals surface area (Å²) in [6.45, 7) is 1.20. The van der Waals surface area contributed by atoms with Gasteiger partial charge in [-0.1, -0.05) is 0 Å². The van der Waals surface area contributed by atoms with Crippen LogP contribution in [0.3, 0.4) is 0 Å². The van der Waals surface area contributed by atoms with E-state index in [2.05, 4.69) is 9.72 Å². The minimum Gasteiger partial charge on any atom is -0.497 e. The monoisotopic (exact) mass is 262 g/mol. The van der Waals surface area contributed by atoms with Gasteiger partial charge in [0.2, 0.25) is 12.0 Å². The second-order valence-corrected chi connectivity index (χ2v) is 4.01. The van der Waals surface area contributed by atoms with Crippen molar-refractivity contribution in [1.82, 2.24) is 4.98 Å². The standard InChI is InChI=1S/C13H14N2O4/c1-7(16)19-13(14)12(17)10-6-15-11-4-3-8(18-2)5-9(10)11/h3-6,13,15H,14H2,1-2H3. The van der Waals surface area contributed by atoms with Crippen LogP contribution in [0.15, 0.2) is 24.4 Å². The Morgan fingerprint density at radius 1 is 1.37 bits per heavy atom. The molecule has 100 valence electrons. The summed E-state index contributed by atoms with van der Waals surface area (Å²) in [4.78, 5) is 25.9. The number of benzene rings is 1. The van der Waals surface area contributed by atoms with Crippen molar-refractivity contribution >= 4 is 22.7 Å². The highest BCUT2D eigenvalue weighted by Gasteiger charge is 2.21. The molecule has 2 rings (SSSR count). The van der Waals surface area contributed by atoms with Gasteiger partial charge in [0.1, 0.15) is 5.75 Å². The number of carbonyl (C=O) groups is 2. The molecule has 0 aliphatic rings. The van der Waals surface area contributed by atoms with Crippen molar-refractivity contribution in [3.05, 3.63) is 30.0 Å². The van der Waals surface area contributed by atoms with Crippen molar-refractivity contribution < 1.29 is 19.1 Å². The van der Waals surface area contributed by atoms with E-state index in [4.69, 9.17) is 10.5 Å². The van der Waals surface area contributed by atoms with Crippen molar-refractivity contribution in [1.29, 1.82) is 0 Å². The molecular weight excluding hydrogens is 248 g/mol. The molecule has 0 spiro atoms. The zero-order valence-corrected chi connectivity index (χ0v) is 10.6. The SMILES string of the molecule is COc1ccc2[nH]cc(C(=O)C(N)OC(C)=O)c2c1. The van der Waals surface area contributed by atoms with Gasteiger partial charge in [0.25, 0.3) is 0 Å². The minimum absolute atomic E-state index is 0.364. The molecule has 1 aromatic carbocycles. The third kappa shape index (κ3) is 2.58. The Morgan fingerprint density at radius 2 is 2.11 bits per heavy atom. The summed E-state index contributed by atoms with van der Waals surface area (Å²) in [5, 5.41) is 0.673. The molecule has 0 fully saturated rings. The van der Waals surface area contributed by atoms with Gasteiger partial charge in [-0.25, -0.2) is 0 Å². The van der Waals surface area contributed by atoms with Gasteiger partial charge in [-0.05, 0) is 18.2 Å². The van der Waals surface area contributed by atoms with E-state index in [-0.39, 0.29) is 0 Å². The molecular formula is C13H14N2O4. The number of Topliss-reactive ketones (excluding diaryl/α,β-unsaturated/α-hetero) is 1. The van der Waals surface area contributed by atoms with Crippen LogP contribution in [0.5, 0.6) is 5.75 Å². The van der Waals surface area contributed by atoms with Crippen LogP contribution in [-0.2, 0) is 9.53 Å². The van der Waals surface area contributed by atoms with Crippen molar-refractivity contribution in [2.45, 2.75) is 13.2 Å². The van der Waals surface area contributed by atoms with E-state index in [1.807, 2.05) is 0 Å². The second-order valence-electron chi connectivity index (χ2n) is 4.01. The smallest absolute Gasteiger partial charge is 0.304 e. The van der Waals surface area contributed by atoms with Gasteiger partial charge >= 0.3 is 5.97 Å². The summed E-state index contributed by atoms with van der Waals surface area (Å²) in [5.74, 6) is -0.435. The first-order chi connectivity index (χ1) is 9.02. The second kappa shape index (κ2) is 5.11. The minimum atomic E-state index is -1.30. The maximum absolute atomic E-state index is 12.1. The molecule has 0 aliphatic carbocycles. The number of ketones is 1. The fourth-order valence-electron chi connectivity index (χ4n) is 1.82. The van der Waals surface area contributed by atoms with Crippen LogP contribution >= 0.6 is 0 Å². The van der Waals surface area contributed by atoms with Crippen LogP contribution < -0.4 is 10.5 Å². The van der Waals surface area contributed by atoms with Crippen LogP contribution in [-0.4, -0.2) is 30.1 Å². The van der Waals surface area contributed by atoms with Crippen LogP contribution in [0.2, 0.25) is 0 Å². The number of esters is 1. The van der Waals surface area contributed by atoms with Gasteiger partial charge in [0.05, 0.1) is 7.11 Å². The molecule has 0 amide bonds. The van der Waals surface area contributed by atoms with E-state index in [1.165, 1.54) is 13.1 Å². The lowest BCUT2D eigenvalue weighted by atomic mass is 10.1. The third-order valence-corrected chi connectivity index (χ3v) is 2.71. The number of fused-ring (bicyclic) bond motifs is 1. The summed E-state index contributed by atoms with van der Waals surface area (Å²) in [6, 6.07) is 5.29. The molecule has 0 radical (unpaired) electrons. The Hall–Kier alpha value is -2.34. The maximum atomic E-state index is 12.1. The number of aromatic nitrogens is 1. The molecule has 6 nitrogen and oxygen atoms in total. The molecule has 0 saturated heterocycles. The largest absolute Gasteiger partial charge is 0.497 e. The Labute approximate surface area is 109 Å². The molecule has 1 unspecified atom stereocenters. The molecule has 3 N–H and O–H groups in total. The fourth-order valence-corrected chi connectivity index (χ4v) is 1.82. The van der Waals surface area contributed by atoms with Crippen LogP contribution in [0.4, 0.5) is 0 Å². The van der Waals surface area contributed by atoms with E-state index < -0.39 is 18.0 Å². The van der Waals surface area contributed by atoms with Gasteiger partial charge in [0, 0.05) is 29.6 Å². The summed E-state index contributed by atoms with van der Waals surface area (Å²) in [6.07, 6.45) is 0.234. The molecule has 1 atom stereocenters. The lowest BCUT2D eigenvalue weighted by Crippen LogP contribution is -2.34. The average Bonchev–Trinajstić information content (AvgIpc) is 2.79. The number of nitrogens with one attached hydrogen (secondary N) is 1. The first-order valence-corrected chi connectivity index (χ1v) is 5.65. The number of aromatic amines is 1. The molecule has 1 aromatic heterocycles. The Bertz CT molecular complexity index is 633. The highest BCUT2D eigenvalue weighted by Crippen LogP contribution is 2.24. The number of ether oxygens (including phenoxy) is 2. The average molecular weight is 262 g/mol. The summed E-state index contributed by atoms with van der Waals surface area (Å²) in [5.41, 5.74) is 6.67. The normalized spacial score (nSPS) is 12.2. The number of rotatable bonds is 4. The first kappa shape index (κ1) is 13.1. The molecule has 6 heteroatoms. The summed E-state index contributed by atoms with van der Waals surface area (Å²) < 4.78 is 9.80. The predicted octanol–water partition coefficient (Wildman–Crippen LogP) is 1.21. The molecule has 0 aliphatic heterocycles. The van der Waals surface area contributed by atoms with Crippen molar-refractivity contribution in [2.24, 2.45) is 5.73 Å². The number of methoxy groups -OCH3 is 1. The van der Waals surface area contributed by atoms with E-state index in [0.717, 1.165) is 5.52 Å². The zero-order valence-electron chi connectivity index (χ0n) is 10.6. The van der Waals surface area contributed by atoms with Gasteiger partial charge < -0.3 is 14.5 Å². The summed E-state index contributed by atoms with van der Waals surface area (Å²) >= 11 is 0. The van der Waals surface area contributed by atoms with E-state index in [0.29, 0.717) is 16.7 Å². The van der Waals surface area contributed by atoms with Crippen molar-refractivity contribution in [3.63, 3.8) is 0 Å². The molecule has 1 heterocycles. The Morgan fingerprint density at radius 3 is 2.74 bits per heavy atom. The van der Waals surface area contributed by atoms with Crippen LogP contribution in [0.1, 0.15) is 17.3 Å². The highest BCUT2D eigenvalue weighted by molar-refractivity contribution is 6.10. The fraction of sp³-hybridized carbons (Fsp3) is 0.231. The zero-order chi connectivity index (χ0) is 14.0. The lowest BCUT2D eigenvalue weighted by Gasteiger charge is -2.09. The number of nitrogens with two attached hydrogens (primary N) is 1. The Kier molecular flexibility index (Phi) is 3.52. The summed E-state index contributed by atoms with van der Waals surface area (Å²) in [7, 11) is 1.54. The third-order valence-electron chi connectivity index (χ3n) is 2.71. The maximum Gasteiger partial charge on any atom is 0.304 e. The number of carbonyl (C=O) groups excluding carboxylic acids is 2.